The van der Waals surface area contributed by atoms with Crippen molar-refractivity contribution in [2.24, 2.45) is 0 Å². The fraction of sp³-hybridized carbons (Fsp3) is 0.280. The summed E-state index contributed by atoms with van der Waals surface area (Å²) >= 11 is 1.51. The first kappa shape index (κ1) is 22.4. The number of hydrogen-bond donors (Lipinski definition) is 0. The monoisotopic (exact) mass is 475 g/mol. The number of ether oxygens (including phenoxy) is 1. The molecule has 2 aromatic carbocycles. The average Bonchev–Trinajstić information content (AvgIpc) is 3.47. The molecule has 0 amide bonds. The number of oxazole rings is 1. The smallest absolute Gasteiger partial charge is 0.262 e. The van der Waals surface area contributed by atoms with E-state index < -0.39 is 0 Å². The summed E-state index contributed by atoms with van der Waals surface area (Å²) in [6, 6.07) is 13.8. The van der Waals surface area contributed by atoms with Crippen LogP contribution in [0.5, 0.6) is 0 Å². The number of aryl methyl sites for hydroxylation is 3. The number of para-hydroxylation sites is 1. The molecule has 0 N–H and O–H groups in total. The van der Waals surface area contributed by atoms with Gasteiger partial charge in [-0.05, 0) is 44.0 Å². The summed E-state index contributed by atoms with van der Waals surface area (Å²) in [5.41, 5.74) is 4.85. The van der Waals surface area contributed by atoms with Gasteiger partial charge in [-0.2, -0.15) is 0 Å². The highest BCUT2D eigenvalue weighted by Gasteiger charge is 2.17. The summed E-state index contributed by atoms with van der Waals surface area (Å²) in [5.74, 6) is 1.70. The van der Waals surface area contributed by atoms with Gasteiger partial charge in [0.05, 0.1) is 16.6 Å². The van der Waals surface area contributed by atoms with Crippen molar-refractivity contribution in [1.29, 1.82) is 0 Å². The Labute approximate surface area is 200 Å². The molecule has 9 heteroatoms. The highest BCUT2D eigenvalue weighted by atomic mass is 32.2. The van der Waals surface area contributed by atoms with Gasteiger partial charge in [-0.1, -0.05) is 41.6 Å². The molecule has 0 unspecified atom stereocenters. The molecule has 8 nitrogen and oxygen atoms in total. The molecule has 0 saturated heterocycles. The predicted molar refractivity (Wildman–Crippen MR) is 132 cm³/mol. The molecule has 34 heavy (non-hydrogen) atoms. The normalized spacial score (nSPS) is 11.6. The first-order chi connectivity index (χ1) is 16.6. The summed E-state index contributed by atoms with van der Waals surface area (Å²) < 4.78 is 14.5. The maximum Gasteiger partial charge on any atom is 0.262 e. The molecule has 3 heterocycles. The number of nitrogens with zero attached hydrogens (tertiary/aromatic N) is 5. The lowest BCUT2D eigenvalue weighted by molar-refractivity contribution is 0.190. The van der Waals surface area contributed by atoms with E-state index in [-0.39, 0.29) is 5.56 Å². The molecule has 0 saturated carbocycles. The van der Waals surface area contributed by atoms with Crippen molar-refractivity contribution in [2.45, 2.75) is 37.7 Å². The minimum atomic E-state index is -0.0715. The van der Waals surface area contributed by atoms with Gasteiger partial charge in [0.15, 0.2) is 5.16 Å². The van der Waals surface area contributed by atoms with Crippen LogP contribution in [0.4, 0.5) is 0 Å². The zero-order valence-corrected chi connectivity index (χ0v) is 20.1. The van der Waals surface area contributed by atoms with Crippen LogP contribution in [0, 0.1) is 13.8 Å². The van der Waals surface area contributed by atoms with Crippen molar-refractivity contribution < 1.29 is 9.15 Å². The lowest BCUT2D eigenvalue weighted by Gasteiger charge is -2.11. The number of hydrogen-bond acceptors (Lipinski definition) is 7. The van der Waals surface area contributed by atoms with Gasteiger partial charge >= 0.3 is 0 Å². The van der Waals surface area contributed by atoms with E-state index in [0.29, 0.717) is 47.5 Å². The Balaban J connectivity index is 1.47. The van der Waals surface area contributed by atoms with Crippen LogP contribution >= 0.6 is 11.8 Å². The van der Waals surface area contributed by atoms with Crippen LogP contribution in [0.1, 0.15) is 23.2 Å². The molecule has 0 radical (unpaired) electrons. The molecule has 5 aromatic rings. The second-order valence-electron chi connectivity index (χ2n) is 8.19. The Morgan fingerprint density at radius 2 is 1.97 bits per heavy atom. The first-order valence-electron chi connectivity index (χ1n) is 11.1. The third-order valence-corrected chi connectivity index (χ3v) is 6.68. The van der Waals surface area contributed by atoms with E-state index in [4.69, 9.17) is 9.15 Å². The number of methoxy groups -OCH3 is 1. The zero-order chi connectivity index (χ0) is 23.7. The van der Waals surface area contributed by atoms with E-state index in [0.717, 1.165) is 22.3 Å². The van der Waals surface area contributed by atoms with Crippen molar-refractivity contribution >= 4 is 28.4 Å². The molecule has 0 aliphatic carbocycles. The van der Waals surface area contributed by atoms with Crippen molar-refractivity contribution in [2.75, 3.05) is 13.7 Å². The summed E-state index contributed by atoms with van der Waals surface area (Å²) in [6.45, 7) is 5.20. The van der Waals surface area contributed by atoms with Gasteiger partial charge in [0, 0.05) is 31.6 Å². The third-order valence-electron chi connectivity index (χ3n) is 5.72. The molecule has 5 rings (SSSR count). The predicted octanol–water partition coefficient (Wildman–Crippen LogP) is 4.64. The van der Waals surface area contributed by atoms with Gasteiger partial charge in [0.2, 0.25) is 11.7 Å². The van der Waals surface area contributed by atoms with Crippen LogP contribution in [0.3, 0.4) is 0 Å². The minimum absolute atomic E-state index is 0.0715. The highest BCUT2D eigenvalue weighted by molar-refractivity contribution is 7.98. The second-order valence-corrected chi connectivity index (χ2v) is 9.13. The number of benzene rings is 2. The molecule has 0 fully saturated rings. The third kappa shape index (κ3) is 4.12. The zero-order valence-electron chi connectivity index (χ0n) is 19.3. The van der Waals surface area contributed by atoms with E-state index in [1.165, 1.54) is 17.3 Å². The Bertz CT molecular complexity index is 1540. The molecule has 0 aliphatic rings. The van der Waals surface area contributed by atoms with Crippen molar-refractivity contribution in [1.82, 2.24) is 24.1 Å². The summed E-state index contributed by atoms with van der Waals surface area (Å²) in [7, 11) is 1.65. The van der Waals surface area contributed by atoms with Crippen LogP contribution in [0.2, 0.25) is 0 Å². The molecule has 0 aliphatic heterocycles. The summed E-state index contributed by atoms with van der Waals surface area (Å²) in [6.07, 6.45) is 2.39. The maximum atomic E-state index is 13.1. The quantitative estimate of drug-likeness (QED) is 0.239. The van der Waals surface area contributed by atoms with Gasteiger partial charge in [-0.25, -0.2) is 4.98 Å². The lowest BCUT2D eigenvalue weighted by Crippen LogP contribution is -2.24. The highest BCUT2D eigenvalue weighted by Crippen LogP contribution is 2.28. The summed E-state index contributed by atoms with van der Waals surface area (Å²) in [5, 5.41) is 10.1. The second kappa shape index (κ2) is 9.44. The number of fused-ring (bicyclic) bond motifs is 3. The van der Waals surface area contributed by atoms with Gasteiger partial charge in [-0.15, -0.1) is 10.2 Å². The topological polar surface area (TPSA) is 87.5 Å². The maximum absolute atomic E-state index is 13.1. The Morgan fingerprint density at radius 1 is 1.12 bits per heavy atom. The Morgan fingerprint density at radius 3 is 2.79 bits per heavy atom. The largest absolute Gasteiger partial charge is 0.444 e. The van der Waals surface area contributed by atoms with Crippen molar-refractivity contribution in [3.05, 3.63) is 75.9 Å². The van der Waals surface area contributed by atoms with Gasteiger partial charge in [-0.3, -0.25) is 13.8 Å². The molecule has 0 spiro atoms. The van der Waals surface area contributed by atoms with Gasteiger partial charge in [0.1, 0.15) is 6.26 Å². The van der Waals surface area contributed by atoms with Crippen LogP contribution in [-0.2, 0) is 17.0 Å². The SMILES string of the molecule is COCCCn1c(=O)c2ccccc2n2c(SCc3coc(-c4ccc(C)cc4C)n3)nnc12. The molecule has 3 aromatic heterocycles. The Kier molecular flexibility index (Phi) is 6.21. The van der Waals surface area contributed by atoms with Crippen LogP contribution in [0.25, 0.3) is 28.1 Å². The van der Waals surface area contributed by atoms with Crippen molar-refractivity contribution in [3.63, 3.8) is 0 Å². The van der Waals surface area contributed by atoms with Crippen LogP contribution in [-0.4, -0.2) is 37.9 Å². The molecular weight excluding hydrogens is 450 g/mol. The van der Waals surface area contributed by atoms with E-state index >= 15 is 0 Å². The van der Waals surface area contributed by atoms with Gasteiger partial charge < -0.3 is 9.15 Å². The standard InChI is InChI=1S/C25H25N5O3S/c1-16-9-10-19(17(2)13-16)22-26-18(14-33-22)15-34-25-28-27-24-29(11-6-12-32-3)23(31)20-7-4-5-8-21(20)30(24)25/h4-5,7-10,13-14H,6,11-12,15H2,1-3H3. The van der Waals surface area contributed by atoms with E-state index in [1.807, 2.05) is 34.7 Å². The number of thioether (sulfide) groups is 1. The van der Waals surface area contributed by atoms with Gasteiger partial charge in [0.25, 0.3) is 5.56 Å². The fourth-order valence-electron chi connectivity index (χ4n) is 4.08. The van der Waals surface area contributed by atoms with Crippen molar-refractivity contribution in [3.8, 4) is 11.5 Å². The number of rotatable bonds is 8. The molecular formula is C25H25N5O3S. The molecule has 174 valence electrons. The minimum Gasteiger partial charge on any atom is -0.444 e. The van der Waals surface area contributed by atoms with Crippen LogP contribution in [0.15, 0.2) is 63.1 Å². The van der Waals surface area contributed by atoms with E-state index in [1.54, 1.807) is 17.9 Å². The molecule has 0 atom stereocenters. The summed E-state index contributed by atoms with van der Waals surface area (Å²) in [4.78, 5) is 17.8. The first-order valence-corrected chi connectivity index (χ1v) is 12.1. The van der Waals surface area contributed by atoms with E-state index in [2.05, 4.69) is 41.2 Å². The average molecular weight is 476 g/mol. The molecule has 0 bridgehead atoms. The van der Waals surface area contributed by atoms with Crippen LogP contribution < -0.4 is 5.56 Å². The fourth-order valence-corrected chi connectivity index (χ4v) is 4.90. The number of aromatic nitrogens is 5. The van der Waals surface area contributed by atoms with E-state index in [9.17, 15) is 4.79 Å². The lowest BCUT2D eigenvalue weighted by atomic mass is 10.1. The Hall–Kier alpha value is -3.43.